The van der Waals surface area contributed by atoms with Crippen molar-refractivity contribution in [2.24, 2.45) is 35.5 Å². The molecule has 0 atom stereocenters. The quantitative estimate of drug-likeness (QED) is 0.0322. The number of hydrogen-bond acceptors (Lipinski definition) is 24. The van der Waals surface area contributed by atoms with Gasteiger partial charge in [-0.1, -0.05) is 26.3 Å². The number of esters is 12. The maximum absolute atomic E-state index is 13.5. The maximum atomic E-state index is 13.5. The second-order valence-electron chi connectivity index (χ2n) is 18.7. The van der Waals surface area contributed by atoms with E-state index in [1.807, 2.05) is 0 Å². The van der Waals surface area contributed by atoms with Crippen LogP contribution in [0.15, 0.2) is 87.0 Å². The molecule has 3 aliphatic carbocycles. The summed E-state index contributed by atoms with van der Waals surface area (Å²) in [7, 11) is 0. The lowest BCUT2D eigenvalue weighted by Crippen LogP contribution is -2.31. The Morgan fingerprint density at radius 1 is 0.317 bits per heavy atom. The maximum Gasteiger partial charge on any atom is 0.342 e. The Bertz CT molecular complexity index is 2530. The summed E-state index contributed by atoms with van der Waals surface area (Å²) in [5.41, 5.74) is -0.594. The van der Waals surface area contributed by atoms with Crippen LogP contribution >= 0.6 is 0 Å². The van der Waals surface area contributed by atoms with Gasteiger partial charge in [-0.15, -0.1) is 0 Å². The number of benzene rings is 2. The molecule has 0 amide bonds. The van der Waals surface area contributed by atoms with Gasteiger partial charge in [-0.3, -0.25) is 28.8 Å². The minimum Gasteiger partial charge on any atom is -0.462 e. The minimum atomic E-state index is -1.01. The Morgan fingerprint density at radius 3 is 0.817 bits per heavy atom. The summed E-state index contributed by atoms with van der Waals surface area (Å²) in [6.45, 7) is 11.2. The van der Waals surface area contributed by atoms with Crippen molar-refractivity contribution in [3.63, 3.8) is 0 Å². The van der Waals surface area contributed by atoms with Gasteiger partial charge >= 0.3 is 71.6 Å². The van der Waals surface area contributed by atoms with E-state index in [0.717, 1.165) is 36.4 Å². The molecule has 0 saturated heterocycles. The highest BCUT2D eigenvalue weighted by Crippen LogP contribution is 2.36. The van der Waals surface area contributed by atoms with Crippen LogP contribution in [0.4, 0.5) is 0 Å². The zero-order chi connectivity index (χ0) is 59.6. The largest absolute Gasteiger partial charge is 0.462 e. The van der Waals surface area contributed by atoms with Crippen molar-refractivity contribution in [1.82, 2.24) is 0 Å². The zero-order valence-electron chi connectivity index (χ0n) is 45.0. The van der Waals surface area contributed by atoms with Crippen molar-refractivity contribution in [3.8, 4) is 23.0 Å². The van der Waals surface area contributed by atoms with Crippen LogP contribution in [0.5, 0.6) is 23.0 Å². The first kappa shape index (κ1) is 63.9. The van der Waals surface area contributed by atoms with E-state index in [2.05, 4.69) is 26.3 Å². The lowest BCUT2D eigenvalue weighted by atomic mass is 9.82. The highest BCUT2D eigenvalue weighted by atomic mass is 16.6. The van der Waals surface area contributed by atoms with Crippen molar-refractivity contribution in [1.29, 1.82) is 0 Å². The molecule has 0 heterocycles. The van der Waals surface area contributed by atoms with Crippen LogP contribution in [-0.4, -0.2) is 124 Å². The topological polar surface area (TPSA) is 316 Å². The van der Waals surface area contributed by atoms with Crippen molar-refractivity contribution in [3.05, 3.63) is 98.1 Å². The second kappa shape index (κ2) is 33.0. The molecule has 0 aromatic heterocycles. The predicted molar refractivity (Wildman–Crippen MR) is 279 cm³/mol. The molecule has 2 aromatic rings. The first-order valence-corrected chi connectivity index (χ1v) is 26.4. The normalized spacial score (nSPS) is 19.1. The minimum absolute atomic E-state index is 0.108. The Labute approximate surface area is 471 Å². The second-order valence-corrected chi connectivity index (χ2v) is 18.7. The van der Waals surface area contributed by atoms with Gasteiger partial charge in [0, 0.05) is 24.3 Å². The molecule has 0 unspecified atom stereocenters. The standard InChI is InChI=1S/C58H64O24/c1-5-47(59)71-25-29-75-51(63)35-9-13-39(14-10-35)55(67)81-45-23-21-41(33-43(45)57(69)77-31-27-73-49(61)7-3)79-53(65)37-17-19-38(20-18-37)54(66)80-42-22-24-46(44(34-42)58(70)78-32-28-74-50(62)8-4)82-56(68)40-15-11-36(12-16-40)52(64)76-30-26-72-48(60)6-2/h5-8,21-24,33-40H,1-4,9-20,25-32H2. The first-order chi connectivity index (χ1) is 39.4. The number of ether oxygens (including phenoxy) is 12. The van der Waals surface area contributed by atoms with Gasteiger partial charge in [-0.05, 0) is 113 Å². The Kier molecular flexibility index (Phi) is 25.7. The smallest absolute Gasteiger partial charge is 0.342 e. The van der Waals surface area contributed by atoms with Crippen LogP contribution in [0.1, 0.15) is 97.8 Å². The zero-order valence-corrected chi connectivity index (χ0v) is 45.0. The molecule has 0 bridgehead atoms. The predicted octanol–water partition coefficient (Wildman–Crippen LogP) is 5.74. The molecule has 0 aliphatic heterocycles. The monoisotopic (exact) mass is 1140 g/mol. The first-order valence-electron chi connectivity index (χ1n) is 26.4. The molecule has 440 valence electrons. The van der Waals surface area contributed by atoms with Crippen molar-refractivity contribution in [2.75, 3.05) is 52.9 Å². The molecular weight excluding hydrogens is 1080 g/mol. The van der Waals surface area contributed by atoms with Crippen LogP contribution in [0.2, 0.25) is 0 Å². The van der Waals surface area contributed by atoms with Gasteiger partial charge in [0.25, 0.3) is 0 Å². The van der Waals surface area contributed by atoms with Crippen molar-refractivity contribution in [2.45, 2.75) is 77.0 Å². The molecule has 3 saturated carbocycles. The molecule has 5 rings (SSSR count). The molecule has 24 nitrogen and oxygen atoms in total. The average molecular weight is 1150 g/mol. The fraction of sp³-hybridized carbons (Fsp3) is 0.448. The summed E-state index contributed by atoms with van der Waals surface area (Å²) in [6, 6.07) is 7.41. The lowest BCUT2D eigenvalue weighted by Gasteiger charge is -2.26. The van der Waals surface area contributed by atoms with Gasteiger partial charge in [-0.2, -0.15) is 0 Å². The number of carbonyl (C=O) groups excluding carboxylic acids is 12. The van der Waals surface area contributed by atoms with E-state index in [1.165, 1.54) is 24.3 Å². The Balaban J connectivity index is 1.17. The van der Waals surface area contributed by atoms with Crippen LogP contribution in [0, 0.1) is 35.5 Å². The third-order valence-corrected chi connectivity index (χ3v) is 13.3. The Hall–Kier alpha value is -8.96. The van der Waals surface area contributed by atoms with Gasteiger partial charge in [0.1, 0.15) is 87.0 Å². The highest BCUT2D eigenvalue weighted by Gasteiger charge is 2.36. The van der Waals surface area contributed by atoms with E-state index in [0.29, 0.717) is 25.7 Å². The van der Waals surface area contributed by atoms with Crippen LogP contribution < -0.4 is 18.9 Å². The highest BCUT2D eigenvalue weighted by molar-refractivity contribution is 5.95. The summed E-state index contributed by atoms with van der Waals surface area (Å²) >= 11 is 0. The van der Waals surface area contributed by atoms with E-state index in [1.54, 1.807) is 0 Å². The molecule has 3 fully saturated rings. The summed E-state index contributed by atoms with van der Waals surface area (Å²) < 4.78 is 63.0. The summed E-state index contributed by atoms with van der Waals surface area (Å²) in [5, 5.41) is 0. The fourth-order valence-corrected chi connectivity index (χ4v) is 8.87. The molecule has 3 aliphatic rings. The van der Waals surface area contributed by atoms with E-state index in [4.69, 9.17) is 56.8 Å². The third-order valence-electron chi connectivity index (χ3n) is 13.3. The third kappa shape index (κ3) is 20.3. The molecule has 24 heteroatoms. The molecule has 0 N–H and O–H groups in total. The fourth-order valence-electron chi connectivity index (χ4n) is 8.87. The SMILES string of the molecule is C=CC(=O)OCCOC(=O)c1cc(OC(=O)C2CCC(C(=O)Oc3ccc(OC(=O)C4CCC(C(=O)OCCOC(=O)C=C)CC4)c(C(=O)OCCOC(=O)C=C)c3)CC2)ccc1OC(=O)C1CCC(C(=O)OCCOC(=O)C=C)CC1. The number of hydrogen-bond donors (Lipinski definition) is 0. The van der Waals surface area contributed by atoms with E-state index in [-0.39, 0.29) is 125 Å². The van der Waals surface area contributed by atoms with Gasteiger partial charge in [0.05, 0.1) is 35.5 Å². The van der Waals surface area contributed by atoms with Gasteiger partial charge in [0.15, 0.2) is 0 Å². The van der Waals surface area contributed by atoms with E-state index >= 15 is 0 Å². The van der Waals surface area contributed by atoms with Crippen LogP contribution in [0.3, 0.4) is 0 Å². The molecule has 0 radical (unpaired) electrons. The van der Waals surface area contributed by atoms with Crippen LogP contribution in [-0.2, 0) is 85.8 Å². The molecular formula is C58H64O24. The summed E-state index contributed by atoms with van der Waals surface area (Å²) in [4.78, 5) is 151. The Morgan fingerprint density at radius 2 is 0.549 bits per heavy atom. The van der Waals surface area contributed by atoms with Gasteiger partial charge in [0.2, 0.25) is 0 Å². The lowest BCUT2D eigenvalue weighted by molar-refractivity contribution is -0.155. The van der Waals surface area contributed by atoms with Crippen molar-refractivity contribution >= 4 is 71.6 Å². The summed E-state index contributed by atoms with van der Waals surface area (Å²) in [5.74, 6) is -13.0. The average Bonchev–Trinajstić information content (AvgIpc) is 3.60. The molecule has 0 spiro atoms. The molecule has 82 heavy (non-hydrogen) atoms. The number of rotatable bonds is 28. The van der Waals surface area contributed by atoms with Gasteiger partial charge in [-0.25, -0.2) is 28.8 Å². The van der Waals surface area contributed by atoms with E-state index in [9.17, 15) is 57.5 Å². The van der Waals surface area contributed by atoms with Crippen LogP contribution in [0.25, 0.3) is 0 Å². The summed E-state index contributed by atoms with van der Waals surface area (Å²) in [6.07, 6.45) is 6.73. The molecule has 2 aromatic carbocycles. The van der Waals surface area contributed by atoms with Crippen molar-refractivity contribution < 1.29 is 114 Å². The number of carbonyl (C=O) groups is 12. The van der Waals surface area contributed by atoms with E-state index < -0.39 is 120 Å². The van der Waals surface area contributed by atoms with Gasteiger partial charge < -0.3 is 56.8 Å².